The molecule has 0 aromatic heterocycles. The second kappa shape index (κ2) is 12.0. The Hall–Kier alpha value is -2.10. The molecule has 0 amide bonds. The number of hydrogen-bond acceptors (Lipinski definition) is 4. The quantitative estimate of drug-likeness (QED) is 0.267. The maximum Gasteiger partial charge on any atom is 0.303 e. The molecule has 0 radical (unpaired) electrons. The molecule has 0 heterocycles. The Morgan fingerprint density at radius 3 is 2.36 bits per heavy atom. The van der Waals surface area contributed by atoms with Gasteiger partial charge in [-0.25, -0.2) is 0 Å². The SMILES string of the molecule is C=C1C(=CC=C2CCC[C@]3(C)[C@@H]([C@H](C)C=C[C@H](C)C(C)C)CC[C@@H]23)C[C@H](OC(C)=O)C[C@@H]1OC(C)=O. The molecule has 0 aromatic carbocycles. The number of allylic oxidation sites excluding steroid dienone is 5. The van der Waals surface area contributed by atoms with Crippen LogP contribution in [0, 0.1) is 35.0 Å². The van der Waals surface area contributed by atoms with E-state index in [1.807, 2.05) is 0 Å². The molecule has 0 bridgehead atoms. The van der Waals surface area contributed by atoms with Gasteiger partial charge in [0, 0.05) is 26.7 Å². The minimum Gasteiger partial charge on any atom is -0.462 e. The Balaban J connectivity index is 1.80. The van der Waals surface area contributed by atoms with Crippen LogP contribution in [0.3, 0.4) is 0 Å². The molecule has 0 aromatic rings. The zero-order valence-corrected chi connectivity index (χ0v) is 23.6. The van der Waals surface area contributed by atoms with Crippen LogP contribution >= 0.6 is 0 Å². The van der Waals surface area contributed by atoms with Crippen molar-refractivity contribution in [2.75, 3.05) is 0 Å². The Kier molecular flexibility index (Phi) is 9.46. The summed E-state index contributed by atoms with van der Waals surface area (Å²) in [4.78, 5) is 23.3. The standard InChI is InChI=1S/C32H48O4/c1-20(2)21(3)11-12-22(4)29-15-16-30-26(10-9-17-32(29,30)8)13-14-27-18-28(35-24(6)33)19-31(23(27)5)36-25(7)34/h11-14,20-22,28-31H,5,9-10,15-19H2,1-4,6-8H3/t21-,22+,28-,29+,30-,31-,32+/m0/s1. The molecule has 0 N–H and O–H groups in total. The molecule has 0 saturated heterocycles. The third kappa shape index (κ3) is 6.61. The van der Waals surface area contributed by atoms with Crippen LogP contribution in [-0.4, -0.2) is 24.1 Å². The fourth-order valence-electron chi connectivity index (χ4n) is 6.92. The fraction of sp³-hybridized carbons (Fsp3) is 0.688. The van der Waals surface area contributed by atoms with E-state index in [-0.39, 0.29) is 18.0 Å². The van der Waals surface area contributed by atoms with E-state index in [0.29, 0.717) is 47.8 Å². The monoisotopic (exact) mass is 496 g/mol. The summed E-state index contributed by atoms with van der Waals surface area (Å²) in [6.07, 6.45) is 15.9. The minimum absolute atomic E-state index is 0.296. The highest BCUT2D eigenvalue weighted by molar-refractivity contribution is 5.67. The van der Waals surface area contributed by atoms with Gasteiger partial charge in [0.2, 0.25) is 0 Å². The Morgan fingerprint density at radius 2 is 1.72 bits per heavy atom. The average Bonchev–Trinajstić information content (AvgIpc) is 3.15. The first kappa shape index (κ1) is 28.5. The average molecular weight is 497 g/mol. The van der Waals surface area contributed by atoms with Gasteiger partial charge in [-0.1, -0.05) is 71.1 Å². The van der Waals surface area contributed by atoms with E-state index in [1.165, 1.54) is 45.1 Å². The Labute approximate surface area is 219 Å². The zero-order chi connectivity index (χ0) is 26.6. The van der Waals surface area contributed by atoms with Gasteiger partial charge in [0.15, 0.2) is 0 Å². The minimum atomic E-state index is -0.446. The van der Waals surface area contributed by atoms with Crippen LogP contribution in [0.1, 0.15) is 93.4 Å². The largest absolute Gasteiger partial charge is 0.462 e. The molecule has 7 atom stereocenters. The van der Waals surface area contributed by atoms with Gasteiger partial charge >= 0.3 is 11.9 Å². The maximum atomic E-state index is 11.7. The second-order valence-electron chi connectivity index (χ2n) is 12.2. The smallest absolute Gasteiger partial charge is 0.303 e. The van der Waals surface area contributed by atoms with Gasteiger partial charge in [-0.15, -0.1) is 0 Å². The lowest BCUT2D eigenvalue weighted by Gasteiger charge is -2.44. The summed E-state index contributed by atoms with van der Waals surface area (Å²) in [5.74, 6) is 2.55. The van der Waals surface area contributed by atoms with E-state index >= 15 is 0 Å². The van der Waals surface area contributed by atoms with Gasteiger partial charge in [-0.05, 0) is 78.3 Å². The summed E-state index contributed by atoms with van der Waals surface area (Å²) in [6, 6.07) is 0. The van der Waals surface area contributed by atoms with Crippen molar-refractivity contribution in [2.45, 2.75) is 106 Å². The molecule has 3 aliphatic rings. The molecular weight excluding hydrogens is 448 g/mol. The van der Waals surface area contributed by atoms with Gasteiger partial charge in [0.1, 0.15) is 12.2 Å². The molecule has 4 heteroatoms. The van der Waals surface area contributed by atoms with Crippen LogP contribution in [0.5, 0.6) is 0 Å². The third-order valence-corrected chi connectivity index (χ3v) is 9.31. The van der Waals surface area contributed by atoms with Crippen molar-refractivity contribution in [3.63, 3.8) is 0 Å². The van der Waals surface area contributed by atoms with Gasteiger partial charge in [-0.2, -0.15) is 0 Å². The predicted octanol–water partition coefficient (Wildman–Crippen LogP) is 7.75. The number of carbonyl (C=O) groups is 2. The van der Waals surface area contributed by atoms with Crippen molar-refractivity contribution in [1.82, 2.24) is 0 Å². The van der Waals surface area contributed by atoms with Gasteiger partial charge < -0.3 is 9.47 Å². The number of fused-ring (bicyclic) bond motifs is 1. The van der Waals surface area contributed by atoms with Crippen molar-refractivity contribution < 1.29 is 19.1 Å². The van der Waals surface area contributed by atoms with Crippen LogP contribution in [0.25, 0.3) is 0 Å². The van der Waals surface area contributed by atoms with Crippen LogP contribution in [0.15, 0.2) is 47.6 Å². The molecule has 3 rings (SSSR count). The molecule has 3 saturated carbocycles. The van der Waals surface area contributed by atoms with Crippen molar-refractivity contribution in [1.29, 1.82) is 0 Å². The number of carbonyl (C=O) groups excluding carboxylic acids is 2. The Morgan fingerprint density at radius 1 is 1.03 bits per heavy atom. The number of ether oxygens (including phenoxy) is 2. The maximum absolute atomic E-state index is 11.7. The molecular formula is C32H48O4. The lowest BCUT2D eigenvalue weighted by Crippen LogP contribution is -2.35. The molecule has 0 aliphatic heterocycles. The van der Waals surface area contributed by atoms with Crippen LogP contribution < -0.4 is 0 Å². The normalized spacial score (nSPS) is 34.7. The van der Waals surface area contributed by atoms with Crippen molar-refractivity contribution in [2.24, 2.45) is 35.0 Å². The number of hydrogen-bond donors (Lipinski definition) is 0. The van der Waals surface area contributed by atoms with Crippen molar-refractivity contribution in [3.05, 3.63) is 47.6 Å². The highest BCUT2D eigenvalue weighted by Gasteiger charge is 2.50. The number of esters is 2. The van der Waals surface area contributed by atoms with E-state index in [4.69, 9.17) is 9.47 Å². The van der Waals surface area contributed by atoms with Crippen molar-refractivity contribution >= 4 is 11.9 Å². The lowest BCUT2D eigenvalue weighted by atomic mass is 9.61. The summed E-state index contributed by atoms with van der Waals surface area (Å²) in [5.41, 5.74) is 3.72. The van der Waals surface area contributed by atoms with Crippen LogP contribution in [0.4, 0.5) is 0 Å². The van der Waals surface area contributed by atoms with E-state index < -0.39 is 6.10 Å². The predicted molar refractivity (Wildman–Crippen MR) is 146 cm³/mol. The first-order chi connectivity index (χ1) is 16.9. The summed E-state index contributed by atoms with van der Waals surface area (Å²) in [5, 5.41) is 0. The Bertz CT molecular complexity index is 922. The van der Waals surface area contributed by atoms with Gasteiger partial charge in [0.25, 0.3) is 0 Å². The third-order valence-electron chi connectivity index (χ3n) is 9.31. The molecule has 0 unspecified atom stereocenters. The summed E-state index contributed by atoms with van der Waals surface area (Å²) in [6.45, 7) is 18.9. The molecule has 200 valence electrons. The molecule has 3 aliphatic carbocycles. The lowest BCUT2D eigenvalue weighted by molar-refractivity contribution is -0.152. The molecule has 0 spiro atoms. The van der Waals surface area contributed by atoms with Gasteiger partial charge in [-0.3, -0.25) is 9.59 Å². The molecule has 36 heavy (non-hydrogen) atoms. The summed E-state index contributed by atoms with van der Waals surface area (Å²) >= 11 is 0. The molecule has 4 nitrogen and oxygen atoms in total. The van der Waals surface area contributed by atoms with Gasteiger partial charge in [0.05, 0.1) is 0 Å². The topological polar surface area (TPSA) is 52.6 Å². The van der Waals surface area contributed by atoms with E-state index in [1.54, 1.807) is 0 Å². The van der Waals surface area contributed by atoms with Crippen LogP contribution in [0.2, 0.25) is 0 Å². The highest BCUT2D eigenvalue weighted by atomic mass is 16.6. The fourth-order valence-corrected chi connectivity index (χ4v) is 6.92. The highest BCUT2D eigenvalue weighted by Crippen LogP contribution is 2.59. The zero-order valence-electron chi connectivity index (χ0n) is 23.6. The molecule has 3 fully saturated rings. The number of rotatable bonds is 7. The van der Waals surface area contributed by atoms with E-state index in [2.05, 4.69) is 65.5 Å². The van der Waals surface area contributed by atoms with E-state index in [9.17, 15) is 9.59 Å². The first-order valence-corrected chi connectivity index (χ1v) is 14.0. The second-order valence-corrected chi connectivity index (χ2v) is 12.2. The summed E-state index contributed by atoms with van der Waals surface area (Å²) in [7, 11) is 0. The summed E-state index contributed by atoms with van der Waals surface area (Å²) < 4.78 is 11.0. The van der Waals surface area contributed by atoms with Crippen molar-refractivity contribution in [3.8, 4) is 0 Å². The first-order valence-electron chi connectivity index (χ1n) is 14.0. The van der Waals surface area contributed by atoms with E-state index in [0.717, 1.165) is 17.6 Å². The van der Waals surface area contributed by atoms with Crippen LogP contribution in [-0.2, 0) is 19.1 Å².